The number of nitrogens with zero attached hydrogens (tertiary/aromatic N) is 2. The fourth-order valence-corrected chi connectivity index (χ4v) is 2.36. The minimum absolute atomic E-state index is 0.0491. The van der Waals surface area contributed by atoms with E-state index < -0.39 is 21.1 Å². The van der Waals surface area contributed by atoms with Crippen molar-refractivity contribution in [3.05, 3.63) is 28.8 Å². The monoisotopic (exact) mass is 316 g/mol. The van der Waals surface area contributed by atoms with E-state index in [-0.39, 0.29) is 18.2 Å². The normalized spacial score (nSPS) is 13.2. The Kier molecular flexibility index (Phi) is 4.31. The molecule has 0 fully saturated rings. The first-order chi connectivity index (χ1) is 9.38. The second-order valence-corrected chi connectivity index (χ2v) is 6.95. The number of nitrogens with two attached hydrogens (primary N) is 1. The number of rotatable bonds is 5. The molecule has 0 saturated heterocycles. The molecule has 0 amide bonds. The van der Waals surface area contributed by atoms with E-state index in [1.165, 1.54) is 18.3 Å². The molecule has 0 aromatic carbocycles. The van der Waals surface area contributed by atoms with Crippen LogP contribution in [0, 0.1) is 5.82 Å². The highest BCUT2D eigenvalue weighted by atomic mass is 32.2. The van der Waals surface area contributed by atoms with Crippen LogP contribution in [-0.4, -0.2) is 30.2 Å². The predicted molar refractivity (Wildman–Crippen MR) is 76.4 cm³/mol. The van der Waals surface area contributed by atoms with Crippen LogP contribution in [0.25, 0.3) is 11.3 Å². The van der Waals surface area contributed by atoms with Crippen LogP contribution in [-0.2, 0) is 10.0 Å². The lowest BCUT2D eigenvalue weighted by molar-refractivity contribution is 0.586. The molecule has 0 aliphatic carbocycles. The van der Waals surface area contributed by atoms with Gasteiger partial charge in [0.25, 0.3) is 0 Å². The molecular formula is C11H13FN4O2S2. The first kappa shape index (κ1) is 14.8. The number of hydrogen-bond donors (Lipinski definition) is 2. The fraction of sp³-hybridized carbons (Fsp3) is 0.273. The number of thiophene rings is 1. The van der Waals surface area contributed by atoms with E-state index >= 15 is 0 Å². The molecule has 2 aromatic heterocycles. The van der Waals surface area contributed by atoms with E-state index in [1.54, 1.807) is 11.4 Å². The Morgan fingerprint density at radius 3 is 2.90 bits per heavy atom. The van der Waals surface area contributed by atoms with Gasteiger partial charge in [0.05, 0.1) is 11.4 Å². The van der Waals surface area contributed by atoms with Crippen molar-refractivity contribution in [2.24, 2.45) is 5.14 Å². The second-order valence-electron chi connectivity index (χ2n) is 4.18. The number of sulfonamides is 1. The van der Waals surface area contributed by atoms with Crippen LogP contribution in [0.15, 0.2) is 23.0 Å². The van der Waals surface area contributed by atoms with Crippen molar-refractivity contribution in [2.75, 3.05) is 11.9 Å². The third kappa shape index (κ3) is 3.50. The Hall–Kier alpha value is -1.58. The molecule has 0 saturated carbocycles. The summed E-state index contributed by atoms with van der Waals surface area (Å²) in [4.78, 5) is 7.82. The average Bonchev–Trinajstić information content (AvgIpc) is 2.90. The van der Waals surface area contributed by atoms with Gasteiger partial charge in [0, 0.05) is 17.5 Å². The van der Waals surface area contributed by atoms with Gasteiger partial charge in [-0.2, -0.15) is 11.3 Å². The van der Waals surface area contributed by atoms with E-state index in [1.807, 2.05) is 5.38 Å². The van der Waals surface area contributed by atoms with Gasteiger partial charge in [-0.05, 0) is 18.4 Å². The summed E-state index contributed by atoms with van der Waals surface area (Å²) in [5.74, 6) is -0.378. The molecule has 0 radical (unpaired) electrons. The van der Waals surface area contributed by atoms with Gasteiger partial charge in [-0.25, -0.2) is 27.9 Å². The summed E-state index contributed by atoms with van der Waals surface area (Å²) in [5, 5.41) is 10.5. The zero-order valence-electron chi connectivity index (χ0n) is 10.6. The summed E-state index contributed by atoms with van der Waals surface area (Å²) in [6.07, 6.45) is 1.05. The number of primary sulfonamides is 1. The summed E-state index contributed by atoms with van der Waals surface area (Å²) in [6.45, 7) is 1.51. The van der Waals surface area contributed by atoms with Crippen molar-refractivity contribution < 1.29 is 12.8 Å². The maximum absolute atomic E-state index is 13.7. The zero-order chi connectivity index (χ0) is 14.8. The van der Waals surface area contributed by atoms with Crippen LogP contribution in [0.4, 0.5) is 10.3 Å². The van der Waals surface area contributed by atoms with E-state index in [0.717, 1.165) is 6.20 Å². The average molecular weight is 316 g/mol. The number of hydrogen-bond acceptors (Lipinski definition) is 6. The van der Waals surface area contributed by atoms with Crippen LogP contribution in [0.3, 0.4) is 0 Å². The Balaban J connectivity index is 2.17. The van der Waals surface area contributed by atoms with Crippen molar-refractivity contribution in [1.29, 1.82) is 0 Å². The highest BCUT2D eigenvalue weighted by Gasteiger charge is 2.16. The molecule has 0 spiro atoms. The lowest BCUT2D eigenvalue weighted by atomic mass is 10.2. The number of nitrogens with one attached hydrogen (secondary N) is 1. The Morgan fingerprint density at radius 1 is 1.55 bits per heavy atom. The molecule has 0 bridgehead atoms. The van der Waals surface area contributed by atoms with Gasteiger partial charge in [0.1, 0.15) is 5.69 Å². The molecule has 3 N–H and O–H groups in total. The van der Waals surface area contributed by atoms with Gasteiger partial charge in [0.2, 0.25) is 16.0 Å². The van der Waals surface area contributed by atoms with Crippen molar-refractivity contribution in [2.45, 2.75) is 12.2 Å². The third-order valence-corrected chi connectivity index (χ3v) is 4.62. The maximum atomic E-state index is 13.7. The summed E-state index contributed by atoms with van der Waals surface area (Å²) < 4.78 is 35.9. The predicted octanol–water partition coefficient (Wildman–Crippen LogP) is 1.43. The first-order valence-corrected chi connectivity index (χ1v) is 8.23. The highest BCUT2D eigenvalue weighted by Crippen LogP contribution is 2.23. The smallest absolute Gasteiger partial charge is 0.223 e. The Bertz CT molecular complexity index is 688. The van der Waals surface area contributed by atoms with Crippen LogP contribution in [0.2, 0.25) is 0 Å². The highest BCUT2D eigenvalue weighted by molar-refractivity contribution is 7.89. The molecule has 0 aliphatic rings. The number of aromatic nitrogens is 2. The van der Waals surface area contributed by atoms with E-state index in [4.69, 9.17) is 5.14 Å². The van der Waals surface area contributed by atoms with Crippen LogP contribution in [0.1, 0.15) is 6.92 Å². The van der Waals surface area contributed by atoms with Gasteiger partial charge < -0.3 is 5.32 Å². The number of halogens is 1. The van der Waals surface area contributed by atoms with E-state index in [9.17, 15) is 12.8 Å². The minimum Gasteiger partial charge on any atom is -0.353 e. The molecule has 2 rings (SSSR count). The fourth-order valence-electron chi connectivity index (χ4n) is 1.41. The molecule has 9 heteroatoms. The maximum Gasteiger partial charge on any atom is 0.223 e. The van der Waals surface area contributed by atoms with Crippen molar-refractivity contribution in [3.8, 4) is 11.3 Å². The summed E-state index contributed by atoms with van der Waals surface area (Å²) in [7, 11) is -3.62. The van der Waals surface area contributed by atoms with Gasteiger partial charge in [-0.3, -0.25) is 0 Å². The summed E-state index contributed by atoms with van der Waals surface area (Å²) in [6, 6.07) is 1.74. The van der Waals surface area contributed by atoms with Crippen LogP contribution < -0.4 is 10.5 Å². The molecule has 2 heterocycles. The number of anilines is 1. The molecule has 0 aliphatic heterocycles. The van der Waals surface area contributed by atoms with Gasteiger partial charge in [0.15, 0.2) is 5.82 Å². The molecule has 6 nitrogen and oxygen atoms in total. The summed E-state index contributed by atoms with van der Waals surface area (Å²) >= 11 is 1.43. The summed E-state index contributed by atoms with van der Waals surface area (Å²) in [5.41, 5.74) is 0.824. The molecule has 108 valence electrons. The Labute approximate surface area is 119 Å². The lowest BCUT2D eigenvalue weighted by Gasteiger charge is -2.11. The SMILES string of the molecule is C[C@@H](CNc1ncc(F)c(-c2ccsc2)n1)S(N)(=O)=O. The molecule has 0 unspecified atom stereocenters. The van der Waals surface area contributed by atoms with Gasteiger partial charge in [-0.1, -0.05) is 0 Å². The van der Waals surface area contributed by atoms with Crippen LogP contribution in [0.5, 0.6) is 0 Å². The van der Waals surface area contributed by atoms with Crippen molar-refractivity contribution in [3.63, 3.8) is 0 Å². The van der Waals surface area contributed by atoms with E-state index in [0.29, 0.717) is 5.56 Å². The topological polar surface area (TPSA) is 98.0 Å². The lowest BCUT2D eigenvalue weighted by Crippen LogP contribution is -2.32. The van der Waals surface area contributed by atoms with Crippen molar-refractivity contribution in [1.82, 2.24) is 9.97 Å². The molecule has 20 heavy (non-hydrogen) atoms. The second kappa shape index (κ2) is 5.81. The Morgan fingerprint density at radius 2 is 2.30 bits per heavy atom. The quantitative estimate of drug-likeness (QED) is 0.869. The van der Waals surface area contributed by atoms with E-state index in [2.05, 4.69) is 15.3 Å². The third-order valence-electron chi connectivity index (χ3n) is 2.65. The van der Waals surface area contributed by atoms with Gasteiger partial charge >= 0.3 is 0 Å². The molecular weight excluding hydrogens is 303 g/mol. The minimum atomic E-state index is -3.62. The zero-order valence-corrected chi connectivity index (χ0v) is 12.2. The largest absolute Gasteiger partial charge is 0.353 e. The first-order valence-electron chi connectivity index (χ1n) is 5.68. The van der Waals surface area contributed by atoms with Gasteiger partial charge in [-0.15, -0.1) is 0 Å². The van der Waals surface area contributed by atoms with Crippen LogP contribution >= 0.6 is 11.3 Å². The standard InChI is InChI=1S/C11H13FN4O2S2/c1-7(20(13,17)18)4-14-11-15-5-9(12)10(16-11)8-2-3-19-6-8/h2-3,5-7H,4H2,1H3,(H2,13,17,18)(H,14,15,16)/t7-/m0/s1. The molecule has 1 atom stereocenters. The van der Waals surface area contributed by atoms with Crippen molar-refractivity contribution >= 4 is 27.3 Å². The molecule has 2 aromatic rings.